The second-order valence-corrected chi connectivity index (χ2v) is 8.30. The van der Waals surface area contributed by atoms with E-state index < -0.39 is 47.9 Å². The number of carbonyl (C=O) groups is 2. The average molecular weight is 549 g/mol. The van der Waals surface area contributed by atoms with Crippen LogP contribution in [0.2, 0.25) is 5.02 Å². The molecule has 1 saturated carbocycles. The van der Waals surface area contributed by atoms with Crippen molar-refractivity contribution >= 4 is 42.6 Å². The maximum absolute atomic E-state index is 13.0. The molecule has 1 fully saturated rings. The van der Waals surface area contributed by atoms with E-state index in [4.69, 9.17) is 11.6 Å². The smallest absolute Gasteiger partial charge is 0.342 e. The van der Waals surface area contributed by atoms with Gasteiger partial charge in [-0.3, -0.25) is 9.59 Å². The minimum absolute atomic E-state index is 0. The van der Waals surface area contributed by atoms with Gasteiger partial charge in [0.05, 0.1) is 23.5 Å². The van der Waals surface area contributed by atoms with E-state index in [0.717, 1.165) is 6.07 Å². The number of carbonyl (C=O) groups excluding carboxylic acids is 2. The number of pyridine rings is 1. The molecule has 1 aromatic carbocycles. The summed E-state index contributed by atoms with van der Waals surface area (Å²) in [5, 5.41) is 8.68. The normalized spacial score (nSPS) is 17.0. The topological polar surface area (TPSA) is 102 Å². The molecule has 8 nitrogen and oxygen atoms in total. The number of nitrogens with zero attached hydrogens (tertiary/aromatic N) is 4. The highest BCUT2D eigenvalue weighted by Crippen LogP contribution is 2.49. The second-order valence-electron chi connectivity index (χ2n) is 7.86. The Balaban J connectivity index is 0.00000361. The van der Waals surface area contributed by atoms with Gasteiger partial charge >= 0.3 is 6.18 Å². The summed E-state index contributed by atoms with van der Waals surface area (Å²) in [4.78, 5) is 32.6. The van der Waals surface area contributed by atoms with Gasteiger partial charge in [-0.1, -0.05) is 11.6 Å². The van der Waals surface area contributed by atoms with E-state index >= 15 is 0 Å². The van der Waals surface area contributed by atoms with Crippen molar-refractivity contribution < 1.29 is 31.5 Å². The number of aromatic nitrogens is 4. The van der Waals surface area contributed by atoms with E-state index in [-0.39, 0.29) is 41.4 Å². The van der Waals surface area contributed by atoms with Crippen LogP contribution >= 0.6 is 25.1 Å². The van der Waals surface area contributed by atoms with Crippen LogP contribution in [0, 0.1) is 5.92 Å². The monoisotopic (exact) mass is 548 g/mol. The fraction of sp³-hybridized carbons (Fsp3) is 0.286. The molecular weight excluding hydrogens is 531 g/mol. The molecule has 4 rings (SSSR count). The Labute approximate surface area is 212 Å². The van der Waals surface area contributed by atoms with Crippen molar-refractivity contribution in [3.63, 3.8) is 0 Å². The molecule has 1 unspecified atom stereocenters. The van der Waals surface area contributed by atoms with Crippen LogP contribution in [-0.4, -0.2) is 37.5 Å². The van der Waals surface area contributed by atoms with Crippen LogP contribution < -0.4 is 10.6 Å². The first-order valence-electron chi connectivity index (χ1n) is 10.1. The van der Waals surface area contributed by atoms with Crippen molar-refractivity contribution in [2.75, 3.05) is 5.32 Å². The molecule has 2 aromatic heterocycles. The lowest BCUT2D eigenvalue weighted by Crippen LogP contribution is -2.29. The van der Waals surface area contributed by atoms with Crippen molar-refractivity contribution in [1.82, 2.24) is 25.1 Å². The molecule has 2 atom stereocenters. The average Bonchev–Trinajstić information content (AvgIpc) is 3.18. The molecule has 2 N–H and O–H groups in total. The van der Waals surface area contributed by atoms with Crippen molar-refractivity contribution in [3.8, 4) is 5.82 Å². The highest BCUT2D eigenvalue weighted by molar-refractivity contribution is 7.59. The molecule has 36 heavy (non-hydrogen) atoms. The first-order chi connectivity index (χ1) is 16.3. The molecule has 0 saturated heterocycles. The first kappa shape index (κ1) is 27.3. The molecule has 1 aliphatic carbocycles. The SMILES string of the molecule is C[C@H](NC(=O)c1cc(Cl)cc(C(F)(F)F)c1)c1ncnn1-c1ccc(NC(=O)C2CC2(F)F)cn1.S. The standard InChI is InChI=1S/C21H16ClF5N6O2.H2S/c1-10(31-18(34)11-4-12(21(25,26)27)6-13(22)5-11)17-29-9-30-33(17)16-3-2-14(8-28-16)32-19(35)15-7-20(15,23)24;/h2-6,8-10,15H,7H2,1H3,(H,31,34)(H,32,35);1H2/t10-,15?;/m0./s1. The number of amides is 2. The van der Waals surface area contributed by atoms with Crippen LogP contribution in [0.5, 0.6) is 0 Å². The fourth-order valence-corrected chi connectivity index (χ4v) is 3.50. The molecule has 0 bridgehead atoms. The summed E-state index contributed by atoms with van der Waals surface area (Å²) in [5.74, 6) is -5.54. The summed E-state index contributed by atoms with van der Waals surface area (Å²) in [5.41, 5.74) is -1.15. The Morgan fingerprint density at radius 2 is 1.89 bits per heavy atom. The lowest BCUT2D eigenvalue weighted by molar-refractivity contribution is -0.137. The third-order valence-corrected chi connectivity index (χ3v) is 5.39. The number of rotatable bonds is 6. The number of benzene rings is 1. The number of halogens is 6. The zero-order chi connectivity index (χ0) is 25.5. The number of nitrogens with one attached hydrogen (secondary N) is 2. The lowest BCUT2D eigenvalue weighted by atomic mass is 10.1. The van der Waals surface area contributed by atoms with Crippen LogP contribution in [0.4, 0.5) is 27.6 Å². The maximum atomic E-state index is 13.0. The van der Waals surface area contributed by atoms with Crippen molar-refractivity contribution in [1.29, 1.82) is 0 Å². The van der Waals surface area contributed by atoms with Gasteiger partial charge in [0.25, 0.3) is 11.8 Å². The van der Waals surface area contributed by atoms with Crippen LogP contribution in [0.3, 0.4) is 0 Å². The molecule has 15 heteroatoms. The highest BCUT2D eigenvalue weighted by Gasteiger charge is 2.61. The molecule has 3 aromatic rings. The van der Waals surface area contributed by atoms with Gasteiger partial charge < -0.3 is 10.6 Å². The van der Waals surface area contributed by atoms with Crippen molar-refractivity contribution in [3.05, 3.63) is 64.8 Å². The highest BCUT2D eigenvalue weighted by atomic mass is 35.5. The van der Waals surface area contributed by atoms with Gasteiger partial charge in [0.15, 0.2) is 11.6 Å². The molecular formula is C21H18ClF5N6O2S. The zero-order valence-electron chi connectivity index (χ0n) is 18.3. The molecule has 2 amide bonds. The van der Waals surface area contributed by atoms with Gasteiger partial charge in [0, 0.05) is 17.0 Å². The fourth-order valence-electron chi connectivity index (χ4n) is 3.26. The molecule has 192 valence electrons. The summed E-state index contributed by atoms with van der Waals surface area (Å²) in [7, 11) is 0. The number of hydrogen-bond donors (Lipinski definition) is 2. The van der Waals surface area contributed by atoms with E-state index in [1.165, 1.54) is 36.3 Å². The van der Waals surface area contributed by atoms with Crippen molar-refractivity contribution in [2.24, 2.45) is 5.92 Å². The Hall–Kier alpha value is -3.26. The van der Waals surface area contributed by atoms with Gasteiger partial charge in [-0.15, -0.1) is 0 Å². The predicted molar refractivity (Wildman–Crippen MR) is 124 cm³/mol. The number of hydrogen-bond acceptors (Lipinski definition) is 5. The zero-order valence-corrected chi connectivity index (χ0v) is 20.0. The van der Waals surface area contributed by atoms with E-state index in [2.05, 4.69) is 25.7 Å². The van der Waals surface area contributed by atoms with Crippen LogP contribution in [-0.2, 0) is 11.0 Å². The number of alkyl halides is 5. The summed E-state index contributed by atoms with van der Waals surface area (Å²) >= 11 is 5.74. The van der Waals surface area contributed by atoms with Crippen LogP contribution in [0.15, 0.2) is 42.9 Å². The summed E-state index contributed by atoms with van der Waals surface area (Å²) < 4.78 is 66.4. The third-order valence-electron chi connectivity index (χ3n) is 5.17. The summed E-state index contributed by atoms with van der Waals surface area (Å²) in [6, 6.07) is 4.57. The maximum Gasteiger partial charge on any atom is 0.416 e. The Morgan fingerprint density at radius 1 is 1.19 bits per heavy atom. The third kappa shape index (κ3) is 5.93. The Bertz CT molecular complexity index is 1280. The largest absolute Gasteiger partial charge is 0.416 e. The van der Waals surface area contributed by atoms with Gasteiger partial charge in [-0.2, -0.15) is 36.4 Å². The quantitative estimate of drug-likeness (QED) is 0.441. The molecule has 0 radical (unpaired) electrons. The van der Waals surface area contributed by atoms with Crippen LogP contribution in [0.1, 0.15) is 41.1 Å². The molecule has 1 aliphatic rings. The van der Waals surface area contributed by atoms with Crippen LogP contribution in [0.25, 0.3) is 5.82 Å². The van der Waals surface area contributed by atoms with Gasteiger partial charge in [-0.25, -0.2) is 18.7 Å². The Morgan fingerprint density at radius 3 is 2.47 bits per heavy atom. The van der Waals surface area contributed by atoms with E-state index in [1.807, 2.05) is 0 Å². The van der Waals surface area contributed by atoms with Crippen molar-refractivity contribution in [2.45, 2.75) is 31.5 Å². The van der Waals surface area contributed by atoms with E-state index in [0.29, 0.717) is 12.1 Å². The second kappa shape index (κ2) is 10.0. The van der Waals surface area contributed by atoms with Gasteiger partial charge in [0.1, 0.15) is 12.2 Å². The minimum atomic E-state index is -4.68. The molecule has 2 heterocycles. The molecule has 0 spiro atoms. The number of anilines is 1. The predicted octanol–water partition coefficient (Wildman–Crippen LogP) is 4.53. The Kier molecular flexibility index (Phi) is 7.60. The van der Waals surface area contributed by atoms with Gasteiger partial charge in [-0.05, 0) is 37.3 Å². The first-order valence-corrected chi connectivity index (χ1v) is 10.5. The van der Waals surface area contributed by atoms with Gasteiger partial charge in [0.2, 0.25) is 5.91 Å². The summed E-state index contributed by atoms with van der Waals surface area (Å²) in [6.45, 7) is 1.54. The minimum Gasteiger partial charge on any atom is -0.342 e. The molecule has 0 aliphatic heterocycles. The summed E-state index contributed by atoms with van der Waals surface area (Å²) in [6.07, 6.45) is -2.75. The lowest BCUT2D eigenvalue weighted by Gasteiger charge is -2.15. The van der Waals surface area contributed by atoms with E-state index in [9.17, 15) is 31.5 Å². The van der Waals surface area contributed by atoms with E-state index in [1.54, 1.807) is 0 Å².